The van der Waals surface area contributed by atoms with Gasteiger partial charge in [0.15, 0.2) is 18.1 Å². The molecule has 6 nitrogen and oxygen atoms in total. The average molecular weight is 424 g/mol. The second kappa shape index (κ2) is 10.6. The van der Waals surface area contributed by atoms with Crippen molar-refractivity contribution in [1.82, 2.24) is 0 Å². The Kier molecular flexibility index (Phi) is 8.17. The van der Waals surface area contributed by atoms with Crippen LogP contribution in [0, 0.1) is 0 Å². The lowest BCUT2D eigenvalue weighted by molar-refractivity contribution is -0.142. The van der Waals surface area contributed by atoms with E-state index in [0.29, 0.717) is 39.4 Å². The highest BCUT2D eigenvalue weighted by atomic mass is 35.5. The Morgan fingerprint density at radius 1 is 1.18 bits per heavy atom. The van der Waals surface area contributed by atoms with Crippen molar-refractivity contribution in [2.75, 3.05) is 25.6 Å². The van der Waals surface area contributed by atoms with Crippen LogP contribution in [0.2, 0.25) is 10.0 Å². The van der Waals surface area contributed by atoms with Crippen LogP contribution in [-0.4, -0.2) is 32.2 Å². The molecule has 0 fully saturated rings. The third kappa shape index (κ3) is 6.48. The van der Waals surface area contributed by atoms with Crippen molar-refractivity contribution in [2.45, 2.75) is 6.92 Å². The zero-order valence-electron chi connectivity index (χ0n) is 15.3. The number of hydrogen-bond acceptors (Lipinski definition) is 5. The van der Waals surface area contributed by atoms with Gasteiger partial charge in [-0.25, -0.2) is 4.79 Å². The summed E-state index contributed by atoms with van der Waals surface area (Å²) in [5, 5.41) is 3.42. The van der Waals surface area contributed by atoms with Gasteiger partial charge in [-0.2, -0.15) is 0 Å². The number of rotatable bonds is 8. The van der Waals surface area contributed by atoms with Crippen LogP contribution in [0.5, 0.6) is 11.5 Å². The van der Waals surface area contributed by atoms with Gasteiger partial charge in [-0.1, -0.05) is 29.3 Å². The first kappa shape index (κ1) is 21.6. The van der Waals surface area contributed by atoms with Crippen molar-refractivity contribution in [1.29, 1.82) is 0 Å². The number of amides is 1. The van der Waals surface area contributed by atoms with Crippen molar-refractivity contribution in [3.05, 3.63) is 58.1 Å². The second-order valence-electron chi connectivity index (χ2n) is 5.47. The number of benzene rings is 2. The van der Waals surface area contributed by atoms with Gasteiger partial charge in [0.05, 0.1) is 18.7 Å². The molecule has 0 spiro atoms. The van der Waals surface area contributed by atoms with E-state index < -0.39 is 18.5 Å². The maximum absolute atomic E-state index is 11.8. The number of ether oxygens (including phenoxy) is 3. The molecule has 0 heterocycles. The Balaban J connectivity index is 1.93. The number of carbonyl (C=O) groups excluding carboxylic acids is 2. The van der Waals surface area contributed by atoms with Crippen LogP contribution < -0.4 is 14.8 Å². The van der Waals surface area contributed by atoms with Gasteiger partial charge in [0.2, 0.25) is 0 Å². The highest BCUT2D eigenvalue weighted by molar-refractivity contribution is 6.32. The quantitative estimate of drug-likeness (QED) is 0.496. The molecule has 0 aliphatic rings. The minimum Gasteiger partial charge on any atom is -0.491 e. The number of anilines is 1. The molecule has 0 aliphatic heterocycles. The summed E-state index contributed by atoms with van der Waals surface area (Å²) in [5.74, 6) is -0.270. The fourth-order valence-corrected chi connectivity index (χ4v) is 2.74. The van der Waals surface area contributed by atoms with E-state index in [-0.39, 0.29) is 0 Å². The molecule has 2 rings (SSSR count). The normalized spacial score (nSPS) is 10.6. The summed E-state index contributed by atoms with van der Waals surface area (Å²) in [6.45, 7) is 1.84. The van der Waals surface area contributed by atoms with Crippen LogP contribution in [0.4, 0.5) is 5.69 Å². The molecule has 2 aromatic rings. The molecule has 0 unspecified atom stereocenters. The van der Waals surface area contributed by atoms with Crippen LogP contribution in [0.25, 0.3) is 6.08 Å². The Morgan fingerprint density at radius 2 is 1.96 bits per heavy atom. The van der Waals surface area contributed by atoms with Gasteiger partial charge in [0, 0.05) is 16.8 Å². The van der Waals surface area contributed by atoms with Gasteiger partial charge >= 0.3 is 5.97 Å². The van der Waals surface area contributed by atoms with Crippen molar-refractivity contribution < 1.29 is 23.8 Å². The average Bonchev–Trinajstić information content (AvgIpc) is 2.65. The summed E-state index contributed by atoms with van der Waals surface area (Å²) in [4.78, 5) is 23.7. The van der Waals surface area contributed by atoms with Gasteiger partial charge in [0.25, 0.3) is 5.91 Å². The number of carbonyl (C=O) groups is 2. The summed E-state index contributed by atoms with van der Waals surface area (Å²) in [7, 11) is 1.49. The predicted molar refractivity (Wildman–Crippen MR) is 109 cm³/mol. The van der Waals surface area contributed by atoms with E-state index in [1.807, 2.05) is 6.92 Å². The van der Waals surface area contributed by atoms with Crippen molar-refractivity contribution >= 4 is 46.8 Å². The van der Waals surface area contributed by atoms with Crippen LogP contribution in [0.1, 0.15) is 12.5 Å². The number of nitrogens with one attached hydrogen (secondary N) is 1. The van der Waals surface area contributed by atoms with Gasteiger partial charge in [-0.05, 0) is 48.9 Å². The van der Waals surface area contributed by atoms with Crippen LogP contribution in [0.3, 0.4) is 0 Å². The first-order valence-electron chi connectivity index (χ1n) is 8.33. The van der Waals surface area contributed by atoms with Gasteiger partial charge < -0.3 is 19.5 Å². The molecule has 2 aromatic carbocycles. The molecule has 28 heavy (non-hydrogen) atoms. The van der Waals surface area contributed by atoms with E-state index >= 15 is 0 Å². The lowest BCUT2D eigenvalue weighted by atomic mass is 10.2. The zero-order chi connectivity index (χ0) is 20.5. The third-order valence-corrected chi connectivity index (χ3v) is 3.92. The molecule has 0 bridgehead atoms. The monoisotopic (exact) mass is 423 g/mol. The summed E-state index contributed by atoms with van der Waals surface area (Å²) >= 11 is 12.0. The van der Waals surface area contributed by atoms with Crippen LogP contribution >= 0.6 is 23.2 Å². The summed E-state index contributed by atoms with van der Waals surface area (Å²) < 4.78 is 15.6. The molecule has 0 saturated carbocycles. The van der Waals surface area contributed by atoms with E-state index in [4.69, 9.17) is 37.4 Å². The Labute approximate surface area is 173 Å². The van der Waals surface area contributed by atoms with Crippen molar-refractivity contribution in [3.63, 3.8) is 0 Å². The molecule has 8 heteroatoms. The predicted octanol–water partition coefficient (Wildman–Crippen LogP) is 4.60. The minimum absolute atomic E-state index is 0.349. The lowest BCUT2D eigenvalue weighted by Gasteiger charge is -2.11. The number of halogens is 2. The Bertz CT molecular complexity index is 883. The first-order chi connectivity index (χ1) is 13.4. The largest absolute Gasteiger partial charge is 0.491 e. The molecule has 1 amide bonds. The summed E-state index contributed by atoms with van der Waals surface area (Å²) in [6, 6.07) is 9.95. The zero-order valence-corrected chi connectivity index (χ0v) is 16.8. The molecule has 0 saturated heterocycles. The highest BCUT2D eigenvalue weighted by Gasteiger charge is 2.11. The van der Waals surface area contributed by atoms with Crippen molar-refractivity contribution in [3.8, 4) is 11.5 Å². The Morgan fingerprint density at radius 3 is 2.64 bits per heavy atom. The second-order valence-corrected chi connectivity index (χ2v) is 6.31. The van der Waals surface area contributed by atoms with E-state index in [1.54, 1.807) is 36.4 Å². The standard InChI is InChI=1S/C20H19Cl2NO5/c1-3-27-17-10-13(9-16(22)20(17)26-2)7-8-19(25)28-12-18(24)23-15-6-4-5-14(21)11-15/h4-11H,3,12H2,1-2H3,(H,23,24)/b8-7+. The Hall–Kier alpha value is -2.70. The smallest absolute Gasteiger partial charge is 0.331 e. The van der Waals surface area contributed by atoms with Crippen LogP contribution in [-0.2, 0) is 14.3 Å². The van der Waals surface area contributed by atoms with Gasteiger partial charge in [0.1, 0.15) is 0 Å². The van der Waals surface area contributed by atoms with Gasteiger partial charge in [-0.3, -0.25) is 4.79 Å². The molecule has 0 aliphatic carbocycles. The fraction of sp³-hybridized carbons (Fsp3) is 0.200. The molecule has 148 valence electrons. The fourth-order valence-electron chi connectivity index (χ4n) is 2.26. The third-order valence-electron chi connectivity index (χ3n) is 3.40. The maximum atomic E-state index is 11.8. The highest BCUT2D eigenvalue weighted by Crippen LogP contribution is 2.36. The molecular formula is C20H19Cl2NO5. The number of esters is 1. The number of methoxy groups -OCH3 is 1. The summed E-state index contributed by atoms with van der Waals surface area (Å²) in [5.41, 5.74) is 1.13. The topological polar surface area (TPSA) is 73.9 Å². The van der Waals surface area contributed by atoms with Gasteiger partial charge in [-0.15, -0.1) is 0 Å². The van der Waals surface area contributed by atoms with E-state index in [2.05, 4.69) is 5.32 Å². The van der Waals surface area contributed by atoms with E-state index in [9.17, 15) is 9.59 Å². The lowest BCUT2D eigenvalue weighted by Crippen LogP contribution is -2.20. The molecule has 0 radical (unpaired) electrons. The first-order valence-corrected chi connectivity index (χ1v) is 9.09. The molecule has 1 N–H and O–H groups in total. The SMILES string of the molecule is CCOc1cc(/C=C/C(=O)OCC(=O)Nc2cccc(Cl)c2)cc(Cl)c1OC. The molecule has 0 aromatic heterocycles. The van der Waals surface area contributed by atoms with E-state index in [0.717, 1.165) is 0 Å². The summed E-state index contributed by atoms with van der Waals surface area (Å²) in [6.07, 6.45) is 2.70. The van der Waals surface area contributed by atoms with Crippen LogP contribution in [0.15, 0.2) is 42.5 Å². The maximum Gasteiger partial charge on any atom is 0.331 e. The minimum atomic E-state index is -0.675. The molecule has 0 atom stereocenters. The van der Waals surface area contributed by atoms with Crippen molar-refractivity contribution in [2.24, 2.45) is 0 Å². The molecular weight excluding hydrogens is 405 g/mol. The number of hydrogen-bond donors (Lipinski definition) is 1. The van der Waals surface area contributed by atoms with E-state index in [1.165, 1.54) is 19.3 Å².